The van der Waals surface area contributed by atoms with Gasteiger partial charge in [0.1, 0.15) is 12.4 Å². The van der Waals surface area contributed by atoms with Crippen LogP contribution in [0.15, 0.2) is 48.5 Å². The Balaban J connectivity index is 1.75. The zero-order valence-electron chi connectivity index (χ0n) is 13.3. The molecule has 3 nitrogen and oxygen atoms in total. The Hall–Kier alpha value is -2.29. The average Bonchev–Trinajstić information content (AvgIpc) is 2.53. The monoisotopic (exact) mass is 297 g/mol. The molecule has 0 spiro atoms. The van der Waals surface area contributed by atoms with Gasteiger partial charge < -0.3 is 10.1 Å². The summed E-state index contributed by atoms with van der Waals surface area (Å²) in [7, 11) is 0. The van der Waals surface area contributed by atoms with Gasteiger partial charge in [0.2, 0.25) is 0 Å². The number of nitrogens with one attached hydrogen (secondary N) is 1. The Morgan fingerprint density at radius 1 is 1.09 bits per heavy atom. The van der Waals surface area contributed by atoms with E-state index < -0.39 is 0 Å². The standard InChI is InChI=1S/C19H23NO2/c1-3-6-16-9-11-17(12-10-16)22-14-13-20-19(21)18-8-5-4-7-15(18)2/h4-5,7-12H,3,6,13-14H2,1-2H3,(H,20,21). The highest BCUT2D eigenvalue weighted by molar-refractivity contribution is 5.95. The van der Waals surface area contributed by atoms with E-state index in [-0.39, 0.29) is 5.91 Å². The Kier molecular flexibility index (Phi) is 6.01. The Bertz CT molecular complexity index is 605. The summed E-state index contributed by atoms with van der Waals surface area (Å²) in [6.45, 7) is 5.05. The summed E-state index contributed by atoms with van der Waals surface area (Å²) in [6.07, 6.45) is 2.23. The minimum atomic E-state index is -0.0556. The zero-order valence-corrected chi connectivity index (χ0v) is 13.3. The molecule has 0 heterocycles. The second kappa shape index (κ2) is 8.23. The van der Waals surface area contributed by atoms with Crippen molar-refractivity contribution in [2.24, 2.45) is 0 Å². The van der Waals surface area contributed by atoms with Gasteiger partial charge in [0, 0.05) is 5.56 Å². The Labute approximate surface area is 132 Å². The molecule has 116 valence electrons. The van der Waals surface area contributed by atoms with Gasteiger partial charge >= 0.3 is 0 Å². The van der Waals surface area contributed by atoms with Crippen LogP contribution in [-0.4, -0.2) is 19.1 Å². The van der Waals surface area contributed by atoms with Crippen molar-refractivity contribution >= 4 is 5.91 Å². The average molecular weight is 297 g/mol. The third-order valence-corrected chi connectivity index (χ3v) is 3.51. The lowest BCUT2D eigenvalue weighted by molar-refractivity contribution is 0.0946. The first kappa shape index (κ1) is 16.1. The van der Waals surface area contributed by atoms with E-state index in [1.807, 2.05) is 43.3 Å². The molecule has 0 aliphatic rings. The fourth-order valence-electron chi connectivity index (χ4n) is 2.30. The van der Waals surface area contributed by atoms with Gasteiger partial charge in [-0.2, -0.15) is 0 Å². The molecule has 2 aromatic carbocycles. The number of hydrogen-bond donors (Lipinski definition) is 1. The third kappa shape index (κ3) is 4.62. The van der Waals surface area contributed by atoms with Crippen LogP contribution in [0.3, 0.4) is 0 Å². The molecular formula is C19H23NO2. The van der Waals surface area contributed by atoms with E-state index in [0.717, 1.165) is 24.2 Å². The molecule has 3 heteroatoms. The minimum Gasteiger partial charge on any atom is -0.492 e. The van der Waals surface area contributed by atoms with E-state index in [1.54, 1.807) is 0 Å². The topological polar surface area (TPSA) is 38.3 Å². The maximum Gasteiger partial charge on any atom is 0.251 e. The SMILES string of the molecule is CCCc1ccc(OCCNC(=O)c2ccccc2C)cc1. The van der Waals surface area contributed by atoms with Gasteiger partial charge in [-0.3, -0.25) is 4.79 Å². The highest BCUT2D eigenvalue weighted by atomic mass is 16.5. The maximum absolute atomic E-state index is 12.0. The number of carbonyl (C=O) groups excluding carboxylic acids is 1. The number of benzene rings is 2. The molecule has 0 saturated carbocycles. The molecule has 0 saturated heterocycles. The molecule has 22 heavy (non-hydrogen) atoms. The second-order valence-corrected chi connectivity index (χ2v) is 5.31. The molecule has 0 fully saturated rings. The van der Waals surface area contributed by atoms with Crippen molar-refractivity contribution in [2.45, 2.75) is 26.7 Å². The van der Waals surface area contributed by atoms with Crippen LogP contribution in [0.25, 0.3) is 0 Å². The molecule has 2 rings (SSSR count). The summed E-state index contributed by atoms with van der Waals surface area (Å²) in [5.74, 6) is 0.782. The van der Waals surface area contributed by atoms with Gasteiger partial charge in [-0.25, -0.2) is 0 Å². The Morgan fingerprint density at radius 2 is 1.82 bits per heavy atom. The fraction of sp³-hybridized carbons (Fsp3) is 0.316. The van der Waals surface area contributed by atoms with E-state index in [1.165, 1.54) is 5.56 Å². The quantitative estimate of drug-likeness (QED) is 0.790. The van der Waals surface area contributed by atoms with Crippen LogP contribution in [0.5, 0.6) is 5.75 Å². The molecule has 0 aliphatic heterocycles. The van der Waals surface area contributed by atoms with Crippen molar-refractivity contribution in [3.05, 3.63) is 65.2 Å². The number of rotatable bonds is 7. The van der Waals surface area contributed by atoms with Gasteiger partial charge in [-0.15, -0.1) is 0 Å². The van der Waals surface area contributed by atoms with Crippen LogP contribution in [0.1, 0.15) is 34.8 Å². The lowest BCUT2D eigenvalue weighted by Gasteiger charge is -2.09. The first-order valence-electron chi connectivity index (χ1n) is 7.76. The first-order valence-corrected chi connectivity index (χ1v) is 7.76. The first-order chi connectivity index (χ1) is 10.7. The van der Waals surface area contributed by atoms with Crippen molar-refractivity contribution in [1.82, 2.24) is 5.32 Å². The normalized spacial score (nSPS) is 10.3. The summed E-state index contributed by atoms with van der Waals surface area (Å²) >= 11 is 0. The van der Waals surface area contributed by atoms with Crippen LogP contribution in [-0.2, 0) is 6.42 Å². The number of hydrogen-bond acceptors (Lipinski definition) is 2. The van der Waals surface area contributed by atoms with Crippen molar-refractivity contribution in [3.8, 4) is 5.75 Å². The molecule has 0 unspecified atom stereocenters. The number of ether oxygens (including phenoxy) is 1. The molecule has 0 aromatic heterocycles. The highest BCUT2D eigenvalue weighted by Crippen LogP contribution is 2.13. The molecule has 0 atom stereocenters. The van der Waals surface area contributed by atoms with Gasteiger partial charge in [0.05, 0.1) is 6.54 Å². The van der Waals surface area contributed by atoms with Crippen LogP contribution < -0.4 is 10.1 Å². The summed E-state index contributed by atoms with van der Waals surface area (Å²) in [4.78, 5) is 12.0. The predicted molar refractivity (Wildman–Crippen MR) is 89.4 cm³/mol. The summed E-state index contributed by atoms with van der Waals surface area (Å²) in [5.41, 5.74) is 3.02. The molecule has 0 radical (unpaired) electrons. The molecule has 2 aromatic rings. The van der Waals surface area contributed by atoms with Crippen LogP contribution >= 0.6 is 0 Å². The second-order valence-electron chi connectivity index (χ2n) is 5.31. The maximum atomic E-state index is 12.0. The minimum absolute atomic E-state index is 0.0556. The van der Waals surface area contributed by atoms with Crippen molar-refractivity contribution < 1.29 is 9.53 Å². The molecular weight excluding hydrogens is 274 g/mol. The molecule has 1 amide bonds. The largest absolute Gasteiger partial charge is 0.492 e. The molecule has 0 aliphatic carbocycles. The molecule has 1 N–H and O–H groups in total. The Morgan fingerprint density at radius 3 is 2.50 bits per heavy atom. The predicted octanol–water partition coefficient (Wildman–Crippen LogP) is 3.76. The summed E-state index contributed by atoms with van der Waals surface area (Å²) in [6, 6.07) is 15.7. The van der Waals surface area contributed by atoms with Gasteiger partial charge in [-0.05, 0) is 42.7 Å². The van der Waals surface area contributed by atoms with Crippen molar-refractivity contribution in [3.63, 3.8) is 0 Å². The van der Waals surface area contributed by atoms with Crippen LogP contribution in [0, 0.1) is 6.92 Å². The third-order valence-electron chi connectivity index (χ3n) is 3.51. The molecule has 0 bridgehead atoms. The number of carbonyl (C=O) groups is 1. The van der Waals surface area contributed by atoms with E-state index in [2.05, 4.69) is 24.4 Å². The van der Waals surface area contributed by atoms with Crippen molar-refractivity contribution in [1.29, 1.82) is 0 Å². The summed E-state index contributed by atoms with van der Waals surface area (Å²) in [5, 5.41) is 2.88. The van der Waals surface area contributed by atoms with E-state index >= 15 is 0 Å². The van der Waals surface area contributed by atoms with Gasteiger partial charge in [0.25, 0.3) is 5.91 Å². The zero-order chi connectivity index (χ0) is 15.8. The van der Waals surface area contributed by atoms with Crippen molar-refractivity contribution in [2.75, 3.05) is 13.2 Å². The lowest BCUT2D eigenvalue weighted by Crippen LogP contribution is -2.28. The highest BCUT2D eigenvalue weighted by Gasteiger charge is 2.06. The number of amides is 1. The van der Waals surface area contributed by atoms with E-state index in [4.69, 9.17) is 4.74 Å². The number of aryl methyl sites for hydroxylation is 2. The fourth-order valence-corrected chi connectivity index (χ4v) is 2.30. The lowest BCUT2D eigenvalue weighted by atomic mass is 10.1. The van der Waals surface area contributed by atoms with Crippen LogP contribution in [0.2, 0.25) is 0 Å². The van der Waals surface area contributed by atoms with E-state index in [0.29, 0.717) is 18.7 Å². The van der Waals surface area contributed by atoms with E-state index in [9.17, 15) is 4.79 Å². The van der Waals surface area contributed by atoms with Crippen LogP contribution in [0.4, 0.5) is 0 Å². The van der Waals surface area contributed by atoms with Gasteiger partial charge in [0.15, 0.2) is 0 Å². The smallest absolute Gasteiger partial charge is 0.251 e. The van der Waals surface area contributed by atoms with Gasteiger partial charge in [-0.1, -0.05) is 43.7 Å². The summed E-state index contributed by atoms with van der Waals surface area (Å²) < 4.78 is 5.64.